The topological polar surface area (TPSA) is 18.5 Å². The minimum absolute atomic E-state index is 1.15. The van der Waals surface area contributed by atoms with Crippen molar-refractivity contribution in [1.82, 2.24) is 0 Å². The second-order valence-electron chi connectivity index (χ2n) is 1.30. The molecule has 0 atom stereocenters. The van der Waals surface area contributed by atoms with Crippen LogP contribution in [0.25, 0.3) is 0 Å². The van der Waals surface area contributed by atoms with Crippen LogP contribution in [0.15, 0.2) is 0 Å². The van der Waals surface area contributed by atoms with Gasteiger partial charge in [0, 0.05) is 0 Å². The standard InChI is InChI=1S/C3H2Cl3F3O2/c4-2(5,6)10-1-11-3(7,8)9/h1H2. The molecular weight excluding hydrogens is 231 g/mol. The first-order chi connectivity index (χ1) is 4.71. The van der Waals surface area contributed by atoms with Gasteiger partial charge in [-0.3, -0.25) is 4.74 Å². The van der Waals surface area contributed by atoms with E-state index in [1.54, 1.807) is 0 Å². The number of rotatable bonds is 2. The fourth-order valence-electron chi connectivity index (χ4n) is 0.163. The Labute approximate surface area is 75.1 Å². The van der Waals surface area contributed by atoms with Crippen molar-refractivity contribution in [2.75, 3.05) is 6.79 Å². The van der Waals surface area contributed by atoms with Gasteiger partial charge in [0.1, 0.15) is 0 Å². The molecule has 0 saturated heterocycles. The Morgan fingerprint density at radius 3 is 1.73 bits per heavy atom. The van der Waals surface area contributed by atoms with E-state index in [0.717, 1.165) is 0 Å². The maximum absolute atomic E-state index is 11.2. The maximum Gasteiger partial charge on any atom is 0.524 e. The van der Waals surface area contributed by atoms with Crippen LogP contribution < -0.4 is 0 Å². The molecule has 0 amide bonds. The normalized spacial score (nSPS) is 13.6. The first kappa shape index (κ1) is 11.6. The maximum atomic E-state index is 11.2. The molecule has 2 nitrogen and oxygen atoms in total. The highest BCUT2D eigenvalue weighted by Gasteiger charge is 2.31. The van der Waals surface area contributed by atoms with Crippen LogP contribution in [-0.2, 0) is 9.47 Å². The Balaban J connectivity index is 3.44. The molecule has 0 aromatic heterocycles. The second-order valence-corrected chi connectivity index (χ2v) is 3.48. The van der Waals surface area contributed by atoms with Crippen molar-refractivity contribution in [3.8, 4) is 0 Å². The van der Waals surface area contributed by atoms with E-state index >= 15 is 0 Å². The number of alkyl halides is 6. The summed E-state index contributed by atoms with van der Waals surface area (Å²) in [4.78, 5) is 0. The lowest BCUT2D eigenvalue weighted by molar-refractivity contribution is -0.350. The molecule has 0 aromatic rings. The summed E-state index contributed by atoms with van der Waals surface area (Å²) < 4.78 is 38.5. The van der Waals surface area contributed by atoms with Crippen molar-refractivity contribution in [3.05, 3.63) is 0 Å². The van der Waals surface area contributed by atoms with E-state index in [1.807, 2.05) is 0 Å². The molecule has 0 heterocycles. The Bertz CT molecular complexity index is 106. The molecule has 11 heavy (non-hydrogen) atoms. The lowest BCUT2D eigenvalue weighted by Gasteiger charge is -2.12. The molecule has 0 unspecified atom stereocenters. The lowest BCUT2D eigenvalue weighted by Crippen LogP contribution is -2.19. The minimum atomic E-state index is -4.78. The summed E-state index contributed by atoms with van der Waals surface area (Å²) >= 11 is 14.8. The largest absolute Gasteiger partial charge is 0.524 e. The van der Waals surface area contributed by atoms with E-state index in [-0.39, 0.29) is 0 Å². The smallest absolute Gasteiger partial charge is 0.307 e. The third-order valence-electron chi connectivity index (χ3n) is 0.445. The molecule has 0 radical (unpaired) electrons. The zero-order valence-electron chi connectivity index (χ0n) is 4.79. The van der Waals surface area contributed by atoms with Gasteiger partial charge in [-0.25, -0.2) is 0 Å². The van der Waals surface area contributed by atoms with E-state index in [4.69, 9.17) is 34.8 Å². The molecule has 0 aliphatic heterocycles. The number of ether oxygens (including phenoxy) is 2. The summed E-state index contributed by atoms with van der Waals surface area (Å²) in [5, 5.41) is 0. The number of hydrogen-bond acceptors (Lipinski definition) is 2. The zero-order chi connectivity index (χ0) is 9.12. The van der Waals surface area contributed by atoms with Crippen LogP contribution in [0.4, 0.5) is 13.2 Å². The fourth-order valence-corrected chi connectivity index (χ4v) is 0.297. The Kier molecular flexibility index (Phi) is 4.21. The predicted octanol–water partition coefficient (Wildman–Crippen LogP) is 2.82. The Morgan fingerprint density at radius 2 is 1.45 bits per heavy atom. The van der Waals surface area contributed by atoms with Crippen LogP contribution in [0.1, 0.15) is 0 Å². The van der Waals surface area contributed by atoms with Crippen LogP contribution in [0.2, 0.25) is 0 Å². The number of hydrogen-bond donors (Lipinski definition) is 0. The molecular formula is C3H2Cl3F3O2. The zero-order valence-corrected chi connectivity index (χ0v) is 7.06. The van der Waals surface area contributed by atoms with Gasteiger partial charge in [-0.05, 0) is 0 Å². The lowest BCUT2D eigenvalue weighted by atomic mass is 11.2. The average molecular weight is 233 g/mol. The van der Waals surface area contributed by atoms with Crippen molar-refractivity contribution < 1.29 is 22.6 Å². The van der Waals surface area contributed by atoms with E-state index < -0.39 is 17.1 Å². The third kappa shape index (κ3) is 10.6. The summed E-state index contributed by atoms with van der Waals surface area (Å²) in [5.74, 6) is 0. The molecule has 0 bridgehead atoms. The van der Waals surface area contributed by atoms with Crippen molar-refractivity contribution in [2.24, 2.45) is 0 Å². The van der Waals surface area contributed by atoms with Gasteiger partial charge in [0.15, 0.2) is 6.79 Å². The van der Waals surface area contributed by atoms with Gasteiger partial charge in [-0.1, -0.05) is 34.8 Å². The van der Waals surface area contributed by atoms with Gasteiger partial charge >= 0.3 is 6.36 Å². The van der Waals surface area contributed by atoms with Crippen molar-refractivity contribution in [3.63, 3.8) is 0 Å². The van der Waals surface area contributed by atoms with Gasteiger partial charge in [-0.15, -0.1) is 13.2 Å². The van der Waals surface area contributed by atoms with Gasteiger partial charge in [0.2, 0.25) is 0 Å². The van der Waals surface area contributed by atoms with Crippen LogP contribution in [0.5, 0.6) is 0 Å². The molecule has 8 heteroatoms. The molecule has 0 aliphatic rings. The highest BCUT2D eigenvalue weighted by molar-refractivity contribution is 6.66. The minimum Gasteiger partial charge on any atom is -0.307 e. The molecule has 0 rings (SSSR count). The fraction of sp³-hybridized carbons (Fsp3) is 1.00. The van der Waals surface area contributed by atoms with Gasteiger partial charge in [0.05, 0.1) is 0 Å². The van der Waals surface area contributed by atoms with Crippen LogP contribution in [0.3, 0.4) is 0 Å². The molecule has 0 spiro atoms. The molecule has 0 fully saturated rings. The highest BCUT2D eigenvalue weighted by Crippen LogP contribution is 2.28. The van der Waals surface area contributed by atoms with E-state index in [2.05, 4.69) is 9.47 Å². The molecule has 0 aromatic carbocycles. The van der Waals surface area contributed by atoms with Crippen molar-refractivity contribution >= 4 is 34.8 Å². The quantitative estimate of drug-likeness (QED) is 0.539. The Morgan fingerprint density at radius 1 is 1.00 bits per heavy atom. The average Bonchev–Trinajstić information content (AvgIpc) is 1.55. The monoisotopic (exact) mass is 232 g/mol. The predicted molar refractivity (Wildman–Crippen MR) is 33.4 cm³/mol. The Hall–Kier alpha value is 0.580. The van der Waals surface area contributed by atoms with Crippen LogP contribution >= 0.6 is 34.8 Å². The van der Waals surface area contributed by atoms with E-state index in [9.17, 15) is 13.2 Å². The summed E-state index contributed by atoms with van der Waals surface area (Å²) in [6.07, 6.45) is -4.78. The molecule has 0 saturated carbocycles. The molecule has 68 valence electrons. The van der Waals surface area contributed by atoms with Crippen molar-refractivity contribution in [2.45, 2.75) is 10.3 Å². The summed E-state index contributed by atoms with van der Waals surface area (Å²) in [6.45, 7) is -1.15. The summed E-state index contributed by atoms with van der Waals surface area (Å²) in [5.41, 5.74) is 0. The second kappa shape index (κ2) is 4.00. The van der Waals surface area contributed by atoms with Crippen LogP contribution in [0, 0.1) is 0 Å². The third-order valence-corrected chi connectivity index (χ3v) is 0.773. The molecule has 0 N–H and O–H groups in total. The van der Waals surface area contributed by atoms with Gasteiger partial charge < -0.3 is 4.74 Å². The van der Waals surface area contributed by atoms with Gasteiger partial charge in [-0.2, -0.15) is 0 Å². The highest BCUT2D eigenvalue weighted by atomic mass is 35.6. The van der Waals surface area contributed by atoms with Gasteiger partial charge in [0.25, 0.3) is 3.98 Å². The van der Waals surface area contributed by atoms with Crippen LogP contribution in [-0.4, -0.2) is 17.1 Å². The molecule has 0 aliphatic carbocycles. The van der Waals surface area contributed by atoms with E-state index in [0.29, 0.717) is 0 Å². The first-order valence-electron chi connectivity index (χ1n) is 2.12. The van der Waals surface area contributed by atoms with Crippen molar-refractivity contribution in [1.29, 1.82) is 0 Å². The number of halogens is 6. The summed E-state index contributed by atoms with van der Waals surface area (Å²) in [6, 6.07) is 0. The SMILES string of the molecule is FC(F)(F)OCOC(Cl)(Cl)Cl. The van der Waals surface area contributed by atoms with E-state index in [1.165, 1.54) is 0 Å². The summed E-state index contributed by atoms with van der Waals surface area (Å²) in [7, 11) is 0. The first-order valence-corrected chi connectivity index (χ1v) is 3.25.